The number of amides is 3. The average Bonchev–Trinajstić information content (AvgIpc) is 3.14. The Morgan fingerprint density at radius 3 is 2.24 bits per heavy atom. The van der Waals surface area contributed by atoms with Crippen LogP contribution in [0.15, 0.2) is 47.4 Å². The van der Waals surface area contributed by atoms with Crippen LogP contribution in [0.4, 0.5) is 13.2 Å². The van der Waals surface area contributed by atoms with Crippen LogP contribution in [0, 0.1) is 5.92 Å². The number of ether oxygens (including phenoxy) is 1. The lowest BCUT2D eigenvalue weighted by Gasteiger charge is -2.43. The predicted octanol–water partition coefficient (Wildman–Crippen LogP) is 4.49. The minimum atomic E-state index is -4.71. The lowest BCUT2D eigenvalue weighted by molar-refractivity contribution is -0.176. The largest absolute Gasteiger partial charge is 0.430 e. The molecule has 0 radical (unpaired) electrons. The molecule has 0 aromatic heterocycles. The van der Waals surface area contributed by atoms with Gasteiger partial charge in [0.15, 0.2) is 5.78 Å². The second-order valence-electron chi connectivity index (χ2n) is 11.9. The Labute approximate surface area is 290 Å². The van der Waals surface area contributed by atoms with Gasteiger partial charge < -0.3 is 10.1 Å². The monoisotopic (exact) mass is 748 g/mol. The van der Waals surface area contributed by atoms with Gasteiger partial charge in [0.2, 0.25) is 28.1 Å². The molecule has 2 unspecified atom stereocenters. The summed E-state index contributed by atoms with van der Waals surface area (Å²) in [6, 6.07) is 3.82. The number of carbonyl (C=O) groups is 5. The van der Waals surface area contributed by atoms with E-state index in [0.717, 1.165) is 22.2 Å². The van der Waals surface area contributed by atoms with Gasteiger partial charge in [0.25, 0.3) is 5.91 Å². The quantitative estimate of drug-likeness (QED) is 0.251. The highest BCUT2D eigenvalue weighted by Crippen LogP contribution is 2.31. The topological polar surface area (TPSA) is 159 Å². The van der Waals surface area contributed by atoms with Crippen molar-refractivity contribution >= 4 is 62.7 Å². The second-order valence-corrected chi connectivity index (χ2v) is 14.4. The van der Waals surface area contributed by atoms with Crippen LogP contribution < -0.4 is 10.0 Å². The lowest BCUT2D eigenvalue weighted by Crippen LogP contribution is -2.64. The summed E-state index contributed by atoms with van der Waals surface area (Å²) in [6.07, 6.45) is -6.65. The highest BCUT2D eigenvalue weighted by Gasteiger charge is 2.46. The molecule has 2 aliphatic rings. The maximum Gasteiger partial charge on any atom is 0.416 e. The molecular formula is C31H33Cl2F3N4O8S. The van der Waals surface area contributed by atoms with E-state index in [1.165, 1.54) is 18.2 Å². The number of alkyl halides is 3. The van der Waals surface area contributed by atoms with Crippen LogP contribution >= 0.6 is 23.2 Å². The Hall–Kier alpha value is -3.73. The predicted molar refractivity (Wildman–Crippen MR) is 169 cm³/mol. The zero-order valence-electron chi connectivity index (χ0n) is 26.3. The van der Waals surface area contributed by atoms with Gasteiger partial charge >= 0.3 is 12.1 Å². The lowest BCUT2D eigenvalue weighted by atomic mass is 10.0. The summed E-state index contributed by atoms with van der Waals surface area (Å²) in [4.78, 5) is 66.5. The van der Waals surface area contributed by atoms with Gasteiger partial charge in [0, 0.05) is 19.4 Å². The van der Waals surface area contributed by atoms with Crippen molar-refractivity contribution in [3.63, 3.8) is 0 Å². The molecule has 3 amide bonds. The van der Waals surface area contributed by atoms with Gasteiger partial charge in [-0.05, 0) is 68.0 Å². The van der Waals surface area contributed by atoms with Crippen LogP contribution in [0.2, 0.25) is 10.0 Å². The summed E-state index contributed by atoms with van der Waals surface area (Å²) in [5, 5.41) is 4.06. The van der Waals surface area contributed by atoms with Crippen LogP contribution in [-0.2, 0) is 40.1 Å². The van der Waals surface area contributed by atoms with Crippen LogP contribution in [0.5, 0.6) is 0 Å². The molecule has 2 aliphatic heterocycles. The fraction of sp³-hybridized carbons (Fsp3) is 0.452. The molecule has 2 aromatic carbocycles. The third-order valence-corrected chi connectivity index (χ3v) is 10.00. The zero-order valence-corrected chi connectivity index (χ0v) is 28.6. The first-order valence-corrected chi connectivity index (χ1v) is 17.5. The van der Waals surface area contributed by atoms with Crippen molar-refractivity contribution in [2.45, 2.75) is 81.8 Å². The van der Waals surface area contributed by atoms with E-state index in [1.54, 1.807) is 0 Å². The molecule has 0 saturated carbocycles. The number of benzene rings is 2. The molecule has 2 N–H and O–H groups in total. The molecule has 3 atom stereocenters. The number of ketones is 1. The summed E-state index contributed by atoms with van der Waals surface area (Å²) in [7, 11) is -4.57. The molecule has 18 heteroatoms. The number of hydrogen-bond acceptors (Lipinski definition) is 8. The third kappa shape index (κ3) is 9.09. The number of esters is 1. The Morgan fingerprint density at radius 1 is 1.02 bits per heavy atom. The molecule has 2 heterocycles. The average molecular weight is 750 g/mol. The Morgan fingerprint density at radius 2 is 1.65 bits per heavy atom. The summed E-state index contributed by atoms with van der Waals surface area (Å²) < 4.78 is 72.8. The number of rotatable bonds is 11. The minimum absolute atomic E-state index is 0.0169. The van der Waals surface area contributed by atoms with Crippen LogP contribution in [0.3, 0.4) is 0 Å². The van der Waals surface area contributed by atoms with Gasteiger partial charge in [-0.25, -0.2) is 18.2 Å². The second kappa shape index (κ2) is 15.4. The van der Waals surface area contributed by atoms with Crippen LogP contribution in [-0.4, -0.2) is 72.8 Å². The fourth-order valence-corrected chi connectivity index (χ4v) is 7.06. The number of halogens is 5. The van der Waals surface area contributed by atoms with Crippen molar-refractivity contribution in [3.8, 4) is 0 Å². The Balaban J connectivity index is 1.59. The highest BCUT2D eigenvalue weighted by molar-refractivity contribution is 7.89. The molecular weight excluding hydrogens is 716 g/mol. The van der Waals surface area contributed by atoms with E-state index >= 15 is 0 Å². The number of nitrogens with one attached hydrogen (secondary N) is 2. The molecule has 2 fully saturated rings. The normalized spacial score (nSPS) is 19.3. The minimum Gasteiger partial charge on any atom is -0.430 e. The molecule has 2 aromatic rings. The van der Waals surface area contributed by atoms with Crippen molar-refractivity contribution in [1.29, 1.82) is 0 Å². The van der Waals surface area contributed by atoms with Gasteiger partial charge in [-0.1, -0.05) is 43.1 Å². The van der Waals surface area contributed by atoms with E-state index in [-0.39, 0.29) is 60.2 Å². The van der Waals surface area contributed by atoms with Crippen molar-refractivity contribution in [2.75, 3.05) is 6.54 Å². The first kappa shape index (κ1) is 38.1. The maximum atomic E-state index is 13.9. The van der Waals surface area contributed by atoms with Crippen molar-refractivity contribution in [3.05, 3.63) is 63.6 Å². The van der Waals surface area contributed by atoms with E-state index in [1.807, 2.05) is 13.8 Å². The third-order valence-electron chi connectivity index (χ3n) is 7.88. The van der Waals surface area contributed by atoms with E-state index in [0.29, 0.717) is 18.6 Å². The number of carbonyl (C=O) groups excluding carboxylic acids is 5. The molecule has 0 bridgehead atoms. The summed E-state index contributed by atoms with van der Waals surface area (Å²) in [6.45, 7) is 3.73. The van der Waals surface area contributed by atoms with Gasteiger partial charge in [0.05, 0.1) is 26.1 Å². The van der Waals surface area contributed by atoms with Crippen molar-refractivity contribution in [2.24, 2.45) is 5.92 Å². The number of nitrogens with zero attached hydrogens (tertiary/aromatic N) is 2. The van der Waals surface area contributed by atoms with Crippen LogP contribution in [0.1, 0.15) is 68.3 Å². The van der Waals surface area contributed by atoms with Crippen molar-refractivity contribution in [1.82, 2.24) is 20.1 Å². The number of hydrogen-bond donors (Lipinski definition) is 2. The Kier molecular flexibility index (Phi) is 12.0. The van der Waals surface area contributed by atoms with Crippen molar-refractivity contribution < 1.29 is 50.3 Å². The number of fused-ring (bicyclic) bond motifs is 1. The first-order valence-electron chi connectivity index (χ1n) is 15.2. The Bertz CT molecular complexity index is 1700. The fourth-order valence-electron chi connectivity index (χ4n) is 5.28. The maximum absolute atomic E-state index is 13.9. The molecule has 4 rings (SSSR count). The van der Waals surface area contributed by atoms with Crippen LogP contribution in [0.25, 0.3) is 0 Å². The summed E-state index contributed by atoms with van der Waals surface area (Å²) >= 11 is 12.3. The zero-order chi connectivity index (χ0) is 36.3. The number of Topliss-reactive ketones (excluding diaryl/α,β-unsaturated/α-hetero) is 1. The molecule has 0 aliphatic carbocycles. The number of hydrazine groups is 1. The molecule has 49 heavy (non-hydrogen) atoms. The van der Waals surface area contributed by atoms with Gasteiger partial charge in [-0.2, -0.15) is 17.9 Å². The van der Waals surface area contributed by atoms with E-state index in [4.69, 9.17) is 27.9 Å². The SMILES string of the molecule is CC(C)CCC(=O)C(NC(=O)[C@@H]1CCCN2C(=O)CCC(NS(=O)(=O)c3ccc(C(F)(F)F)cc3)C(=O)N12)OC(=O)c1c(Cl)cccc1Cl. The number of sulfonamides is 1. The first-order chi connectivity index (χ1) is 22.9. The smallest absolute Gasteiger partial charge is 0.416 e. The molecule has 2 saturated heterocycles. The molecule has 0 spiro atoms. The molecule has 266 valence electrons. The van der Waals surface area contributed by atoms with E-state index in [9.17, 15) is 45.6 Å². The highest BCUT2D eigenvalue weighted by atomic mass is 35.5. The molecule has 12 nitrogen and oxygen atoms in total. The van der Waals surface area contributed by atoms with Gasteiger partial charge in [-0.3, -0.25) is 24.2 Å². The van der Waals surface area contributed by atoms with E-state index in [2.05, 4.69) is 10.0 Å². The summed E-state index contributed by atoms with van der Waals surface area (Å²) in [5.41, 5.74) is -1.33. The van der Waals surface area contributed by atoms with Gasteiger partial charge in [-0.15, -0.1) is 0 Å². The van der Waals surface area contributed by atoms with E-state index < -0.39 is 74.4 Å². The standard InChI is InChI=1S/C31H33Cl2F3N4O8S/c1-17(2)8-14-24(41)28(48-30(45)26-20(32)5-3-6-21(26)33)37-27(43)23-7-4-16-39-25(42)15-13-22(29(44)40(23)39)38-49(46,47)19-11-9-18(10-12-19)31(34,35)36/h3,5-6,9-12,17,22-23,28,38H,4,7-8,13-16H2,1-2H3,(H,37,43)/t22?,23-,28?/m0/s1. The summed E-state index contributed by atoms with van der Waals surface area (Å²) in [5.74, 6) is -4.26. The van der Waals surface area contributed by atoms with Gasteiger partial charge in [0.1, 0.15) is 12.1 Å².